The predicted octanol–water partition coefficient (Wildman–Crippen LogP) is 4.91. The molecular formula is C19H17N3OS. The first-order valence-electron chi connectivity index (χ1n) is 7.89. The molecule has 0 spiro atoms. The van der Waals surface area contributed by atoms with Gasteiger partial charge < -0.3 is 9.73 Å². The van der Waals surface area contributed by atoms with Crippen molar-refractivity contribution in [3.8, 4) is 11.3 Å². The molecule has 120 valence electrons. The third kappa shape index (κ3) is 3.16. The van der Waals surface area contributed by atoms with E-state index in [0.29, 0.717) is 6.01 Å². The number of aromatic nitrogens is 2. The first kappa shape index (κ1) is 14.9. The maximum absolute atomic E-state index is 5.66. The lowest BCUT2D eigenvalue weighted by Gasteiger charge is -2.03. The molecule has 0 unspecified atom stereocenters. The third-order valence-electron chi connectivity index (χ3n) is 3.85. The van der Waals surface area contributed by atoms with Crippen molar-refractivity contribution in [2.45, 2.75) is 13.3 Å². The van der Waals surface area contributed by atoms with E-state index in [0.717, 1.165) is 40.3 Å². The average molecular weight is 335 g/mol. The average Bonchev–Trinajstić information content (AvgIpc) is 3.21. The highest BCUT2D eigenvalue weighted by atomic mass is 32.1. The van der Waals surface area contributed by atoms with Crippen LogP contribution >= 0.6 is 11.3 Å². The highest BCUT2D eigenvalue weighted by molar-refractivity contribution is 7.09. The Bertz CT molecular complexity index is 923. The van der Waals surface area contributed by atoms with Gasteiger partial charge in [0.1, 0.15) is 5.52 Å². The van der Waals surface area contributed by atoms with Gasteiger partial charge in [-0.2, -0.15) is 4.98 Å². The second kappa shape index (κ2) is 6.45. The van der Waals surface area contributed by atoms with E-state index in [1.54, 1.807) is 11.3 Å². The summed E-state index contributed by atoms with van der Waals surface area (Å²) < 4.78 is 5.66. The van der Waals surface area contributed by atoms with Crippen LogP contribution in [-0.4, -0.2) is 16.5 Å². The fourth-order valence-electron chi connectivity index (χ4n) is 2.60. The predicted molar refractivity (Wildman–Crippen MR) is 98.5 cm³/mol. The molecule has 4 aromatic rings. The van der Waals surface area contributed by atoms with Crippen molar-refractivity contribution in [1.29, 1.82) is 0 Å². The van der Waals surface area contributed by atoms with E-state index >= 15 is 0 Å². The fourth-order valence-corrected chi connectivity index (χ4v) is 3.22. The van der Waals surface area contributed by atoms with Crippen molar-refractivity contribution in [1.82, 2.24) is 9.97 Å². The summed E-state index contributed by atoms with van der Waals surface area (Å²) in [6.07, 6.45) is 0.912. The van der Waals surface area contributed by atoms with E-state index in [1.807, 2.05) is 31.2 Å². The van der Waals surface area contributed by atoms with E-state index in [9.17, 15) is 0 Å². The van der Waals surface area contributed by atoms with Crippen molar-refractivity contribution in [2.75, 3.05) is 11.9 Å². The first-order valence-corrected chi connectivity index (χ1v) is 8.77. The number of oxazole rings is 1. The topological polar surface area (TPSA) is 51.0 Å². The Morgan fingerprint density at radius 2 is 1.88 bits per heavy atom. The molecule has 2 aromatic heterocycles. The Kier molecular flexibility index (Phi) is 4.01. The largest absolute Gasteiger partial charge is 0.424 e. The molecular weight excluding hydrogens is 318 g/mol. The Hall–Kier alpha value is -2.66. The second-order valence-corrected chi connectivity index (χ2v) is 6.67. The van der Waals surface area contributed by atoms with Crippen molar-refractivity contribution >= 4 is 28.5 Å². The molecule has 2 heterocycles. The maximum atomic E-state index is 5.66. The number of nitrogens with one attached hydrogen (secondary N) is 1. The van der Waals surface area contributed by atoms with Crippen LogP contribution in [0.3, 0.4) is 0 Å². The molecule has 1 N–H and O–H groups in total. The van der Waals surface area contributed by atoms with Gasteiger partial charge in [-0.3, -0.25) is 0 Å². The number of hydrogen-bond donors (Lipinski definition) is 1. The lowest BCUT2D eigenvalue weighted by atomic mass is 10.1. The van der Waals surface area contributed by atoms with Gasteiger partial charge in [-0.15, -0.1) is 11.3 Å². The Morgan fingerprint density at radius 1 is 1.04 bits per heavy atom. The fraction of sp³-hybridized carbons (Fsp3) is 0.158. The lowest BCUT2D eigenvalue weighted by Crippen LogP contribution is -2.04. The van der Waals surface area contributed by atoms with Crippen LogP contribution in [0.4, 0.5) is 6.01 Å². The Balaban J connectivity index is 1.37. The molecule has 4 rings (SSSR count). The first-order chi connectivity index (χ1) is 11.8. The third-order valence-corrected chi connectivity index (χ3v) is 4.63. The molecule has 2 aromatic carbocycles. The highest BCUT2D eigenvalue weighted by Gasteiger charge is 2.05. The van der Waals surface area contributed by atoms with Crippen LogP contribution in [0, 0.1) is 6.92 Å². The monoisotopic (exact) mass is 335 g/mol. The lowest BCUT2D eigenvalue weighted by molar-refractivity contribution is 0.614. The van der Waals surface area contributed by atoms with Gasteiger partial charge in [0, 0.05) is 17.5 Å². The summed E-state index contributed by atoms with van der Waals surface area (Å²) in [5, 5.41) is 6.43. The molecule has 4 nitrogen and oxygen atoms in total. The molecule has 0 fully saturated rings. The zero-order chi connectivity index (χ0) is 16.4. The normalized spacial score (nSPS) is 11.0. The van der Waals surface area contributed by atoms with Crippen LogP contribution in [0.25, 0.3) is 22.4 Å². The van der Waals surface area contributed by atoms with Gasteiger partial charge in [-0.1, -0.05) is 36.4 Å². The molecule has 0 saturated heterocycles. The number of hydrogen-bond acceptors (Lipinski definition) is 5. The standard InChI is InChI=1S/C19H17N3OS/c1-13-21-17(12-24-13)15-8-6-14(7-9-15)10-11-20-19-22-16-4-2-3-5-18(16)23-19/h2-9,12H,10-11H2,1H3,(H,20,22). The maximum Gasteiger partial charge on any atom is 0.295 e. The smallest absolute Gasteiger partial charge is 0.295 e. The number of anilines is 1. The van der Waals surface area contributed by atoms with Gasteiger partial charge in [0.05, 0.1) is 10.7 Å². The van der Waals surface area contributed by atoms with Gasteiger partial charge in [-0.25, -0.2) is 4.98 Å². The van der Waals surface area contributed by atoms with E-state index in [1.165, 1.54) is 5.56 Å². The van der Waals surface area contributed by atoms with Crippen LogP contribution < -0.4 is 5.32 Å². The number of rotatable bonds is 5. The molecule has 24 heavy (non-hydrogen) atoms. The summed E-state index contributed by atoms with van der Waals surface area (Å²) in [5.41, 5.74) is 5.17. The van der Waals surface area contributed by atoms with Gasteiger partial charge in [0.25, 0.3) is 6.01 Å². The van der Waals surface area contributed by atoms with Gasteiger partial charge in [-0.05, 0) is 31.0 Å². The number of para-hydroxylation sites is 2. The van der Waals surface area contributed by atoms with Gasteiger partial charge >= 0.3 is 0 Å². The zero-order valence-electron chi connectivity index (χ0n) is 13.3. The Morgan fingerprint density at radius 3 is 2.62 bits per heavy atom. The molecule has 5 heteroatoms. The Labute approximate surface area is 144 Å². The van der Waals surface area contributed by atoms with E-state index in [2.05, 4.69) is 44.9 Å². The highest BCUT2D eigenvalue weighted by Crippen LogP contribution is 2.22. The van der Waals surface area contributed by atoms with E-state index in [4.69, 9.17) is 4.42 Å². The number of fused-ring (bicyclic) bond motifs is 1. The minimum absolute atomic E-state index is 0.575. The molecule has 0 aliphatic rings. The molecule has 0 saturated carbocycles. The number of benzene rings is 2. The van der Waals surface area contributed by atoms with Crippen molar-refractivity contribution in [2.24, 2.45) is 0 Å². The van der Waals surface area contributed by atoms with E-state index < -0.39 is 0 Å². The summed E-state index contributed by atoms with van der Waals surface area (Å²) >= 11 is 1.68. The quantitative estimate of drug-likeness (QED) is 0.563. The van der Waals surface area contributed by atoms with Crippen LogP contribution in [0.1, 0.15) is 10.6 Å². The van der Waals surface area contributed by atoms with Crippen LogP contribution in [-0.2, 0) is 6.42 Å². The minimum atomic E-state index is 0.575. The zero-order valence-corrected chi connectivity index (χ0v) is 14.1. The number of nitrogens with zero attached hydrogens (tertiary/aromatic N) is 2. The number of thiazole rings is 1. The summed E-state index contributed by atoms with van der Waals surface area (Å²) in [6.45, 7) is 2.81. The van der Waals surface area contributed by atoms with Crippen molar-refractivity contribution in [3.63, 3.8) is 0 Å². The van der Waals surface area contributed by atoms with Crippen LogP contribution in [0.2, 0.25) is 0 Å². The minimum Gasteiger partial charge on any atom is -0.424 e. The molecule has 0 aliphatic heterocycles. The van der Waals surface area contributed by atoms with Crippen molar-refractivity contribution < 1.29 is 4.42 Å². The molecule has 0 atom stereocenters. The molecule has 0 bridgehead atoms. The second-order valence-electron chi connectivity index (χ2n) is 5.61. The molecule has 0 aliphatic carbocycles. The van der Waals surface area contributed by atoms with Crippen molar-refractivity contribution in [3.05, 3.63) is 64.5 Å². The summed E-state index contributed by atoms with van der Waals surface area (Å²) in [4.78, 5) is 8.93. The summed E-state index contributed by atoms with van der Waals surface area (Å²) in [5.74, 6) is 0. The molecule has 0 amide bonds. The SMILES string of the molecule is Cc1nc(-c2ccc(CCNc3nc4ccccc4o3)cc2)cs1. The van der Waals surface area contributed by atoms with Crippen LogP contribution in [0.15, 0.2) is 58.3 Å². The van der Waals surface area contributed by atoms with E-state index in [-0.39, 0.29) is 0 Å². The van der Waals surface area contributed by atoms with Crippen LogP contribution in [0.5, 0.6) is 0 Å². The summed E-state index contributed by atoms with van der Waals surface area (Å²) in [6, 6.07) is 16.9. The number of aryl methyl sites for hydroxylation is 1. The van der Waals surface area contributed by atoms with Gasteiger partial charge in [0.2, 0.25) is 0 Å². The summed E-state index contributed by atoms with van der Waals surface area (Å²) in [7, 11) is 0. The van der Waals surface area contributed by atoms with Gasteiger partial charge in [0.15, 0.2) is 5.58 Å². The molecule has 0 radical (unpaired) electrons.